The average Bonchev–Trinajstić information content (AvgIpc) is 3.29. The molecule has 1 heterocycles. The Morgan fingerprint density at radius 1 is 0.763 bits per heavy atom. The van der Waals surface area contributed by atoms with Crippen molar-refractivity contribution < 1.29 is 30.3 Å². The van der Waals surface area contributed by atoms with Crippen molar-refractivity contribution in [2.75, 3.05) is 0 Å². The molecule has 5 unspecified atom stereocenters. The molecule has 0 saturated heterocycles. The molecule has 2 N–H and O–H groups in total. The molecule has 0 amide bonds. The summed E-state index contributed by atoms with van der Waals surface area (Å²) in [6.07, 6.45) is 13.1. The quantitative estimate of drug-likeness (QED) is 0.270. The van der Waals surface area contributed by atoms with E-state index in [4.69, 9.17) is 4.98 Å². The summed E-state index contributed by atoms with van der Waals surface area (Å²) in [4.78, 5) is 4.70. The van der Waals surface area contributed by atoms with Gasteiger partial charge >= 0.3 is 0 Å². The maximum absolute atomic E-state index is 10.9. The normalized spacial score (nSPS) is 27.8. The summed E-state index contributed by atoms with van der Waals surface area (Å²) in [7, 11) is 0. The molecule has 0 spiro atoms. The van der Waals surface area contributed by atoms with Crippen LogP contribution in [0, 0.1) is 43.6 Å². The number of fused-ring (bicyclic) bond motifs is 2. The van der Waals surface area contributed by atoms with Crippen LogP contribution in [-0.2, 0) is 20.1 Å². The summed E-state index contributed by atoms with van der Waals surface area (Å²) < 4.78 is 0. The second-order valence-electron chi connectivity index (χ2n) is 12.0. The molecule has 1 aromatic heterocycles. The standard InChI is InChI=1S/C17H14N.C17H30O2.Ir/c1-12-9-13(2)11-15(10-12)17-8-7-14-5-3-4-6-16(14)18-17;18-15-11-4-3-8-13-9-5-10-14(17(19)16(13)15)12-6-1-2-7-12;/h3-10H,1-2H3;12-19H,1-11H2;/q-1;;. The van der Waals surface area contributed by atoms with Crippen LogP contribution in [-0.4, -0.2) is 27.4 Å². The molecule has 2 aromatic carbocycles. The zero-order valence-electron chi connectivity index (χ0n) is 23.0. The van der Waals surface area contributed by atoms with E-state index < -0.39 is 0 Å². The van der Waals surface area contributed by atoms with Crippen LogP contribution in [0.15, 0.2) is 48.5 Å². The maximum atomic E-state index is 10.9. The summed E-state index contributed by atoms with van der Waals surface area (Å²) in [6, 6.07) is 20.0. The summed E-state index contributed by atoms with van der Waals surface area (Å²) in [6.45, 7) is 4.17. The number of rotatable bonds is 2. The molecular formula is C34H44IrNO2-. The number of hydrogen-bond acceptors (Lipinski definition) is 3. The summed E-state index contributed by atoms with van der Waals surface area (Å²) in [5, 5.41) is 22.6. The SMILES string of the molecule is Cc1[c-]c(-c2ccc3ccccc3n2)cc(C)c1.OC1CCCCC2CCCC(C3CCCC3)C(O)C12.[Ir]. The Kier molecular flexibility index (Phi) is 10.6. The first-order valence-electron chi connectivity index (χ1n) is 14.7. The summed E-state index contributed by atoms with van der Waals surface area (Å²) >= 11 is 0. The van der Waals surface area contributed by atoms with Crippen molar-refractivity contribution in [3.8, 4) is 11.3 Å². The van der Waals surface area contributed by atoms with E-state index in [9.17, 15) is 10.2 Å². The topological polar surface area (TPSA) is 53.4 Å². The predicted molar refractivity (Wildman–Crippen MR) is 152 cm³/mol. The van der Waals surface area contributed by atoms with Crippen LogP contribution in [0.4, 0.5) is 0 Å². The monoisotopic (exact) mass is 691 g/mol. The van der Waals surface area contributed by atoms with E-state index in [2.05, 4.69) is 50.2 Å². The molecule has 1 radical (unpaired) electrons. The molecule has 3 aliphatic rings. The van der Waals surface area contributed by atoms with Crippen LogP contribution in [0.1, 0.15) is 81.8 Å². The fourth-order valence-electron chi connectivity index (χ4n) is 7.52. The molecule has 5 atom stereocenters. The van der Waals surface area contributed by atoms with Crippen molar-refractivity contribution in [3.05, 3.63) is 65.7 Å². The number of aromatic nitrogens is 1. The van der Waals surface area contributed by atoms with E-state index in [1.807, 2.05) is 18.2 Å². The van der Waals surface area contributed by atoms with Gasteiger partial charge in [-0.2, -0.15) is 0 Å². The fourth-order valence-corrected chi connectivity index (χ4v) is 7.52. The Bertz CT molecular complexity index is 1150. The molecule has 3 fully saturated rings. The number of hydrogen-bond donors (Lipinski definition) is 2. The van der Waals surface area contributed by atoms with Crippen molar-refractivity contribution in [2.45, 2.75) is 96.7 Å². The number of para-hydroxylation sites is 1. The van der Waals surface area contributed by atoms with Gasteiger partial charge in [-0.05, 0) is 60.6 Å². The molecule has 0 bridgehead atoms. The first kappa shape index (κ1) is 29.4. The maximum Gasteiger partial charge on any atom is 0.0626 e. The molecule has 3 aliphatic carbocycles. The number of nitrogens with zero attached hydrogens (tertiary/aromatic N) is 1. The van der Waals surface area contributed by atoms with Crippen LogP contribution in [0.3, 0.4) is 0 Å². The van der Waals surface area contributed by atoms with Gasteiger partial charge in [-0.1, -0.05) is 89.1 Å². The summed E-state index contributed by atoms with van der Waals surface area (Å²) in [5.41, 5.74) is 5.48. The number of aliphatic hydroxyl groups excluding tert-OH is 2. The summed E-state index contributed by atoms with van der Waals surface area (Å²) in [5.74, 6) is 1.98. The number of pyridine rings is 1. The van der Waals surface area contributed by atoms with Crippen molar-refractivity contribution in [1.29, 1.82) is 0 Å². The Morgan fingerprint density at radius 2 is 1.45 bits per heavy atom. The van der Waals surface area contributed by atoms with Crippen molar-refractivity contribution >= 4 is 10.9 Å². The van der Waals surface area contributed by atoms with E-state index in [1.165, 1.54) is 68.7 Å². The van der Waals surface area contributed by atoms with Crippen LogP contribution in [0.25, 0.3) is 22.2 Å². The van der Waals surface area contributed by atoms with Crippen molar-refractivity contribution in [2.24, 2.45) is 23.7 Å². The Morgan fingerprint density at radius 3 is 2.21 bits per heavy atom. The van der Waals surface area contributed by atoms with Gasteiger partial charge in [0.15, 0.2) is 0 Å². The van der Waals surface area contributed by atoms with Gasteiger partial charge in [0.25, 0.3) is 0 Å². The molecule has 207 valence electrons. The third-order valence-electron chi connectivity index (χ3n) is 9.29. The molecule has 3 nitrogen and oxygen atoms in total. The Labute approximate surface area is 242 Å². The Hall–Kier alpha value is -1.58. The largest absolute Gasteiger partial charge is 0.393 e. The van der Waals surface area contributed by atoms with E-state index in [0.717, 1.165) is 41.1 Å². The van der Waals surface area contributed by atoms with Crippen molar-refractivity contribution in [3.63, 3.8) is 0 Å². The smallest absolute Gasteiger partial charge is 0.0626 e. The van der Waals surface area contributed by atoms with E-state index in [0.29, 0.717) is 11.8 Å². The van der Waals surface area contributed by atoms with E-state index in [-0.39, 0.29) is 38.2 Å². The molecule has 3 saturated carbocycles. The van der Waals surface area contributed by atoms with Crippen LogP contribution >= 0.6 is 0 Å². The van der Waals surface area contributed by atoms with Gasteiger partial charge in [0.05, 0.1) is 17.7 Å². The number of aryl methyl sites for hydroxylation is 2. The molecule has 38 heavy (non-hydrogen) atoms. The molecule has 6 rings (SSSR count). The first-order valence-corrected chi connectivity index (χ1v) is 14.7. The van der Waals surface area contributed by atoms with Crippen molar-refractivity contribution in [1.82, 2.24) is 4.98 Å². The average molecular weight is 691 g/mol. The second-order valence-corrected chi connectivity index (χ2v) is 12.0. The fraction of sp³-hybridized carbons (Fsp3) is 0.559. The van der Waals surface area contributed by atoms with Crippen LogP contribution in [0.2, 0.25) is 0 Å². The first-order chi connectivity index (χ1) is 18.0. The van der Waals surface area contributed by atoms with Gasteiger partial charge in [0, 0.05) is 26.0 Å². The van der Waals surface area contributed by atoms with E-state index >= 15 is 0 Å². The predicted octanol–water partition coefficient (Wildman–Crippen LogP) is 7.82. The zero-order valence-corrected chi connectivity index (χ0v) is 25.4. The van der Waals surface area contributed by atoms with Gasteiger partial charge < -0.3 is 10.2 Å². The molecule has 3 aromatic rings. The van der Waals surface area contributed by atoms with Gasteiger partial charge in [0.1, 0.15) is 0 Å². The number of benzene rings is 2. The zero-order chi connectivity index (χ0) is 25.8. The minimum Gasteiger partial charge on any atom is -0.393 e. The van der Waals surface area contributed by atoms with Gasteiger partial charge in [0.2, 0.25) is 0 Å². The minimum absolute atomic E-state index is 0. The molecule has 0 aliphatic heterocycles. The third kappa shape index (κ3) is 6.94. The third-order valence-corrected chi connectivity index (χ3v) is 9.29. The van der Waals surface area contributed by atoms with Crippen LogP contribution in [0.5, 0.6) is 0 Å². The van der Waals surface area contributed by atoms with Crippen LogP contribution < -0.4 is 0 Å². The molecule has 4 heteroatoms. The van der Waals surface area contributed by atoms with E-state index in [1.54, 1.807) is 0 Å². The minimum atomic E-state index is -0.246. The van der Waals surface area contributed by atoms with Gasteiger partial charge in [-0.15, -0.1) is 34.9 Å². The Balaban J connectivity index is 0.000000173. The van der Waals surface area contributed by atoms with Gasteiger partial charge in [-0.25, -0.2) is 0 Å². The second kappa shape index (κ2) is 13.7. The molecular weight excluding hydrogens is 647 g/mol. The van der Waals surface area contributed by atoms with Gasteiger partial charge in [-0.3, -0.25) is 4.98 Å². The number of aliphatic hydroxyl groups is 2.